The summed E-state index contributed by atoms with van der Waals surface area (Å²) in [7, 11) is 3.28. The van der Waals surface area contributed by atoms with Gasteiger partial charge in [-0.1, -0.05) is 6.08 Å². The van der Waals surface area contributed by atoms with Gasteiger partial charge in [-0.05, 0) is 30.7 Å². The van der Waals surface area contributed by atoms with Crippen LogP contribution in [0.2, 0.25) is 0 Å². The zero-order valence-corrected chi connectivity index (χ0v) is 19.1. The minimum absolute atomic E-state index is 0.534. The fourth-order valence-corrected chi connectivity index (χ4v) is 2.87. The zero-order chi connectivity index (χ0) is 21.3. The van der Waals surface area contributed by atoms with Crippen molar-refractivity contribution in [3.8, 4) is 11.5 Å². The van der Waals surface area contributed by atoms with E-state index < -0.39 is 0 Å². The molecular weight excluding hydrogens is 499 g/mol. The molecule has 2 heterocycles. The highest BCUT2D eigenvalue weighted by Crippen LogP contribution is 2.25. The number of nitrogens with zero attached hydrogens (tertiary/aromatic N) is 3. The van der Waals surface area contributed by atoms with Gasteiger partial charge < -0.3 is 23.2 Å². The average Bonchev–Trinajstić information content (AvgIpc) is 3.16. The predicted octanol–water partition coefficient (Wildman–Crippen LogP) is 4.22. The van der Waals surface area contributed by atoms with E-state index in [1.165, 1.54) is 0 Å². The van der Waals surface area contributed by atoms with Crippen LogP contribution in [0.3, 0.4) is 0 Å². The number of aryl methyl sites for hydroxylation is 1. The largest absolute Gasteiger partial charge is 0.497 e. The second-order valence-electron chi connectivity index (χ2n) is 6.33. The summed E-state index contributed by atoms with van der Waals surface area (Å²) in [5, 5.41) is 13.5. The van der Waals surface area contributed by atoms with Crippen molar-refractivity contribution in [2.45, 2.75) is 6.92 Å². The molecule has 0 bridgehead atoms. The molecule has 0 saturated carbocycles. The van der Waals surface area contributed by atoms with Crippen LogP contribution in [-0.4, -0.2) is 47.5 Å². The molecule has 0 amide bonds. The van der Waals surface area contributed by atoms with E-state index >= 15 is 0 Å². The van der Waals surface area contributed by atoms with Crippen LogP contribution in [0, 0.1) is 6.92 Å². The van der Waals surface area contributed by atoms with Crippen molar-refractivity contribution in [2.24, 2.45) is 0 Å². The third-order valence-electron chi connectivity index (χ3n) is 3.97. The van der Waals surface area contributed by atoms with E-state index in [2.05, 4.69) is 30.8 Å². The van der Waals surface area contributed by atoms with Crippen molar-refractivity contribution in [1.29, 1.82) is 0 Å². The number of H-pyrrole nitrogens is 1. The summed E-state index contributed by atoms with van der Waals surface area (Å²) in [6.45, 7) is 3.13. The number of benzene rings is 1. The predicted molar refractivity (Wildman–Crippen MR) is 126 cm³/mol. The van der Waals surface area contributed by atoms with Crippen molar-refractivity contribution in [3.05, 3.63) is 47.4 Å². The Morgan fingerprint density at radius 1 is 1.00 bits per heavy atom. The summed E-state index contributed by atoms with van der Waals surface area (Å²) in [5.74, 6) is 3.92. The second kappa shape index (κ2) is 10.8. The molecule has 0 aliphatic rings. The Balaban J connectivity index is 1.87. The minimum Gasteiger partial charge on any atom is -0.497 e. The number of hydrogen-bond donors (Lipinski definition) is 3. The third-order valence-corrected chi connectivity index (χ3v) is 4.48. The molecule has 3 aromatic rings. The lowest BCUT2D eigenvalue weighted by Gasteiger charge is -2.09. The van der Waals surface area contributed by atoms with Gasteiger partial charge in [-0.15, -0.1) is 0 Å². The van der Waals surface area contributed by atoms with E-state index in [0.29, 0.717) is 47.9 Å². The lowest BCUT2D eigenvalue weighted by atomic mass is 10.2. The zero-order valence-electron chi connectivity index (χ0n) is 16.9. The number of nitrogens with one attached hydrogen (secondary N) is 3. The third kappa shape index (κ3) is 6.32. The van der Waals surface area contributed by atoms with Crippen LogP contribution >= 0.6 is 23.0 Å². The van der Waals surface area contributed by atoms with E-state index in [1.807, 2.05) is 72.4 Å². The molecule has 0 saturated heterocycles. The Kier molecular flexibility index (Phi) is 7.85. The SMILES string of the molecule is COCCNc1cc(Nc2cc(C)[nH]n2)nc(/C=C/c2cc(OC)cc(OI)c2)n1. The number of rotatable bonds is 10. The molecule has 2 aromatic heterocycles. The summed E-state index contributed by atoms with van der Waals surface area (Å²) >= 11 is 1.84. The van der Waals surface area contributed by atoms with Crippen molar-refractivity contribution >= 4 is 52.6 Å². The molecule has 30 heavy (non-hydrogen) atoms. The first kappa shape index (κ1) is 21.8. The number of aromatic nitrogens is 4. The fraction of sp³-hybridized carbons (Fsp3) is 0.250. The van der Waals surface area contributed by atoms with Gasteiger partial charge >= 0.3 is 0 Å². The molecule has 1 aromatic carbocycles. The van der Waals surface area contributed by atoms with Gasteiger partial charge in [0.25, 0.3) is 0 Å². The molecule has 0 aliphatic heterocycles. The van der Waals surface area contributed by atoms with Crippen LogP contribution in [0.25, 0.3) is 12.2 Å². The van der Waals surface area contributed by atoms with Gasteiger partial charge in [0.1, 0.15) is 23.1 Å². The monoisotopic (exact) mass is 522 g/mol. The van der Waals surface area contributed by atoms with Crippen LogP contribution in [0.4, 0.5) is 17.5 Å². The van der Waals surface area contributed by atoms with Crippen molar-refractivity contribution in [3.63, 3.8) is 0 Å². The summed E-state index contributed by atoms with van der Waals surface area (Å²) < 4.78 is 15.7. The number of halogens is 1. The van der Waals surface area contributed by atoms with Gasteiger partial charge in [0.15, 0.2) is 34.6 Å². The van der Waals surface area contributed by atoms with Crippen LogP contribution in [0.15, 0.2) is 30.3 Å². The van der Waals surface area contributed by atoms with Gasteiger partial charge in [-0.2, -0.15) is 5.10 Å². The molecule has 0 atom stereocenters. The van der Waals surface area contributed by atoms with Crippen LogP contribution in [0.1, 0.15) is 17.1 Å². The van der Waals surface area contributed by atoms with Crippen molar-refractivity contribution in [1.82, 2.24) is 20.2 Å². The molecule has 3 rings (SSSR count). The summed E-state index contributed by atoms with van der Waals surface area (Å²) in [6, 6.07) is 9.34. The Labute approximate surface area is 189 Å². The lowest BCUT2D eigenvalue weighted by molar-refractivity contribution is 0.210. The van der Waals surface area contributed by atoms with E-state index in [-0.39, 0.29) is 0 Å². The van der Waals surface area contributed by atoms with Gasteiger partial charge in [0.05, 0.1) is 13.7 Å². The minimum atomic E-state index is 0.534. The average molecular weight is 522 g/mol. The molecule has 3 N–H and O–H groups in total. The highest BCUT2D eigenvalue weighted by Gasteiger charge is 2.06. The number of methoxy groups -OCH3 is 2. The lowest BCUT2D eigenvalue weighted by Crippen LogP contribution is -2.10. The van der Waals surface area contributed by atoms with Crippen molar-refractivity contribution in [2.75, 3.05) is 38.0 Å². The van der Waals surface area contributed by atoms with Gasteiger partial charge in [-0.3, -0.25) is 5.10 Å². The molecule has 0 aliphatic carbocycles. The standard InChI is InChI=1S/C20H23IN6O3/c1-13-8-20(27-26-13)25-19-12-18(22-6-7-28-2)23-17(24-19)5-4-14-9-15(29-3)11-16(10-14)30-21/h4-5,8-12H,6-7H2,1-3H3,(H3,22,23,24,25,26,27)/b5-4+. The smallest absolute Gasteiger partial charge is 0.192 e. The highest BCUT2D eigenvalue weighted by molar-refractivity contribution is 14.1. The first-order valence-electron chi connectivity index (χ1n) is 9.16. The molecular formula is C20H23IN6O3. The van der Waals surface area contributed by atoms with E-state index in [1.54, 1.807) is 14.2 Å². The maximum absolute atomic E-state index is 5.32. The number of anilines is 3. The molecule has 9 nitrogen and oxygen atoms in total. The number of ether oxygens (including phenoxy) is 2. The molecule has 158 valence electrons. The summed E-state index contributed by atoms with van der Waals surface area (Å²) in [4.78, 5) is 9.12. The summed E-state index contributed by atoms with van der Waals surface area (Å²) in [5.41, 5.74) is 1.86. The van der Waals surface area contributed by atoms with Crippen molar-refractivity contribution < 1.29 is 12.5 Å². The van der Waals surface area contributed by atoms with Gasteiger partial charge in [0.2, 0.25) is 0 Å². The Hall–Kier alpha value is -2.86. The Bertz CT molecular complexity index is 986. The second-order valence-corrected chi connectivity index (χ2v) is 6.77. The highest BCUT2D eigenvalue weighted by atomic mass is 127. The molecule has 0 spiro atoms. The van der Waals surface area contributed by atoms with Crippen LogP contribution in [0.5, 0.6) is 11.5 Å². The van der Waals surface area contributed by atoms with Gasteiger partial charge in [0, 0.05) is 37.5 Å². The molecule has 0 unspecified atom stereocenters. The quantitative estimate of drug-likeness (QED) is 0.269. The molecule has 0 fully saturated rings. The topological polar surface area (TPSA) is 106 Å². The molecule has 0 radical (unpaired) electrons. The number of aromatic amines is 1. The van der Waals surface area contributed by atoms with Crippen LogP contribution < -0.4 is 18.4 Å². The van der Waals surface area contributed by atoms with Gasteiger partial charge in [-0.25, -0.2) is 9.97 Å². The molecule has 10 heteroatoms. The van der Waals surface area contributed by atoms with Crippen LogP contribution in [-0.2, 0) is 4.74 Å². The summed E-state index contributed by atoms with van der Waals surface area (Å²) in [6.07, 6.45) is 3.73. The maximum Gasteiger partial charge on any atom is 0.192 e. The Morgan fingerprint density at radius 3 is 2.50 bits per heavy atom. The van der Waals surface area contributed by atoms with E-state index in [0.717, 1.165) is 11.3 Å². The first-order chi connectivity index (χ1) is 14.6. The van der Waals surface area contributed by atoms with E-state index in [4.69, 9.17) is 12.5 Å². The Morgan fingerprint density at radius 2 is 1.80 bits per heavy atom. The van der Waals surface area contributed by atoms with E-state index in [9.17, 15) is 0 Å². The first-order valence-corrected chi connectivity index (χ1v) is 10.0. The number of hydrogen-bond acceptors (Lipinski definition) is 8. The maximum atomic E-state index is 5.32. The normalized spacial score (nSPS) is 10.9. The fourth-order valence-electron chi connectivity index (χ4n) is 2.61.